The van der Waals surface area contributed by atoms with Crippen molar-refractivity contribution in [2.24, 2.45) is 0 Å². The lowest BCUT2D eigenvalue weighted by molar-refractivity contribution is 0.0759. The Balaban J connectivity index is 1.94. The number of nitrogens with one attached hydrogen (secondary N) is 1. The highest BCUT2D eigenvalue weighted by Gasteiger charge is 2.33. The van der Waals surface area contributed by atoms with E-state index >= 15 is 0 Å². The number of para-hydroxylation sites is 1. The third-order valence-electron chi connectivity index (χ3n) is 3.05. The van der Waals surface area contributed by atoms with Crippen molar-refractivity contribution in [3.63, 3.8) is 0 Å². The summed E-state index contributed by atoms with van der Waals surface area (Å²) in [6.45, 7) is 4.23. The Hall–Kier alpha value is -1.62. The van der Waals surface area contributed by atoms with E-state index in [1.165, 1.54) is 17.1 Å². The predicted molar refractivity (Wildman–Crippen MR) is 72.0 cm³/mol. The van der Waals surface area contributed by atoms with Gasteiger partial charge in [0.1, 0.15) is 16.4 Å². The molecule has 3 rings (SSSR count). The molecule has 1 aliphatic heterocycles. The van der Waals surface area contributed by atoms with Crippen molar-refractivity contribution in [1.82, 2.24) is 9.59 Å². The second-order valence-corrected chi connectivity index (χ2v) is 5.87. The van der Waals surface area contributed by atoms with E-state index in [2.05, 4.69) is 34.8 Å². The Labute approximate surface area is 110 Å². The maximum atomic E-state index is 6.00. The zero-order chi connectivity index (χ0) is 12.6. The molecule has 1 unspecified atom stereocenters. The van der Waals surface area contributed by atoms with Crippen molar-refractivity contribution in [1.29, 1.82) is 0 Å². The van der Waals surface area contributed by atoms with Crippen LogP contribution in [0.5, 0.6) is 5.75 Å². The summed E-state index contributed by atoms with van der Waals surface area (Å²) in [5.74, 6) is 0.962. The molecule has 2 heterocycles. The number of aromatic nitrogens is 2. The number of ether oxygens (including phenoxy) is 1. The molecular formula is C13H15N3OS. The highest BCUT2D eigenvalue weighted by molar-refractivity contribution is 7.09. The SMILES string of the molecule is CC1(C)CC(Nc2cnns2)c2ccccc2O1. The molecule has 1 aromatic heterocycles. The molecule has 4 nitrogen and oxygen atoms in total. The molecular weight excluding hydrogens is 246 g/mol. The van der Waals surface area contributed by atoms with E-state index in [9.17, 15) is 0 Å². The largest absolute Gasteiger partial charge is 0.487 e. The van der Waals surface area contributed by atoms with Crippen LogP contribution in [0.2, 0.25) is 0 Å². The standard InChI is InChI=1S/C13H15N3OS/c1-13(2)7-10(15-12-8-14-16-18-12)9-5-3-4-6-11(9)17-13/h3-6,8,10,15H,7H2,1-2H3. The number of anilines is 1. The minimum absolute atomic E-state index is 0.163. The molecule has 0 saturated carbocycles. The van der Waals surface area contributed by atoms with E-state index in [1.54, 1.807) is 6.20 Å². The van der Waals surface area contributed by atoms with Crippen LogP contribution in [-0.4, -0.2) is 15.2 Å². The van der Waals surface area contributed by atoms with Crippen molar-refractivity contribution in [3.05, 3.63) is 36.0 Å². The maximum Gasteiger partial charge on any atom is 0.130 e. The van der Waals surface area contributed by atoms with Gasteiger partial charge in [0.15, 0.2) is 0 Å². The fourth-order valence-corrected chi connectivity index (χ4v) is 2.80. The molecule has 1 atom stereocenters. The van der Waals surface area contributed by atoms with Crippen molar-refractivity contribution < 1.29 is 4.74 Å². The fourth-order valence-electron chi connectivity index (χ4n) is 2.33. The van der Waals surface area contributed by atoms with Crippen LogP contribution < -0.4 is 10.1 Å². The number of fused-ring (bicyclic) bond motifs is 1. The number of benzene rings is 1. The zero-order valence-corrected chi connectivity index (χ0v) is 11.2. The number of nitrogens with zero attached hydrogens (tertiary/aromatic N) is 2. The van der Waals surface area contributed by atoms with Crippen LogP contribution in [0.15, 0.2) is 30.5 Å². The first-order valence-electron chi connectivity index (χ1n) is 5.96. The molecule has 2 aromatic rings. The second kappa shape index (κ2) is 4.24. The molecule has 0 radical (unpaired) electrons. The van der Waals surface area contributed by atoms with Gasteiger partial charge in [-0.05, 0) is 19.9 Å². The molecule has 0 bridgehead atoms. The van der Waals surface area contributed by atoms with E-state index in [0.29, 0.717) is 0 Å². The van der Waals surface area contributed by atoms with Gasteiger partial charge in [-0.2, -0.15) is 0 Å². The van der Waals surface area contributed by atoms with Crippen LogP contribution >= 0.6 is 11.5 Å². The Bertz CT molecular complexity index is 539. The first kappa shape index (κ1) is 11.5. The smallest absolute Gasteiger partial charge is 0.130 e. The van der Waals surface area contributed by atoms with Gasteiger partial charge in [-0.1, -0.05) is 22.7 Å². The summed E-state index contributed by atoms with van der Waals surface area (Å²) in [4.78, 5) is 0. The first-order chi connectivity index (χ1) is 8.64. The van der Waals surface area contributed by atoms with Gasteiger partial charge in [-0.25, -0.2) is 0 Å². The summed E-state index contributed by atoms with van der Waals surface area (Å²) in [6, 6.07) is 8.42. The molecule has 18 heavy (non-hydrogen) atoms. The quantitative estimate of drug-likeness (QED) is 0.901. The zero-order valence-electron chi connectivity index (χ0n) is 10.4. The molecule has 0 saturated heterocycles. The van der Waals surface area contributed by atoms with Gasteiger partial charge >= 0.3 is 0 Å². The third kappa shape index (κ3) is 2.18. The summed E-state index contributed by atoms with van der Waals surface area (Å²) >= 11 is 1.38. The Morgan fingerprint density at radius 1 is 1.39 bits per heavy atom. The Kier molecular flexibility index (Phi) is 2.70. The average molecular weight is 261 g/mol. The highest BCUT2D eigenvalue weighted by atomic mass is 32.1. The summed E-state index contributed by atoms with van der Waals surface area (Å²) in [6.07, 6.45) is 2.68. The minimum Gasteiger partial charge on any atom is -0.487 e. The first-order valence-corrected chi connectivity index (χ1v) is 6.73. The van der Waals surface area contributed by atoms with Crippen LogP contribution in [0.4, 0.5) is 5.00 Å². The van der Waals surface area contributed by atoms with Crippen molar-refractivity contribution in [2.75, 3.05) is 5.32 Å². The van der Waals surface area contributed by atoms with E-state index in [1.807, 2.05) is 18.2 Å². The molecule has 1 aliphatic rings. The van der Waals surface area contributed by atoms with Crippen LogP contribution in [0.3, 0.4) is 0 Å². The van der Waals surface area contributed by atoms with Crippen LogP contribution in [0, 0.1) is 0 Å². The molecule has 94 valence electrons. The van der Waals surface area contributed by atoms with Crippen LogP contribution in [-0.2, 0) is 0 Å². The monoisotopic (exact) mass is 261 g/mol. The van der Waals surface area contributed by atoms with Gasteiger partial charge in [-0.3, -0.25) is 0 Å². The molecule has 0 amide bonds. The normalized spacial score (nSPS) is 20.9. The van der Waals surface area contributed by atoms with Gasteiger partial charge < -0.3 is 10.1 Å². The molecule has 1 aromatic carbocycles. The summed E-state index contributed by atoms with van der Waals surface area (Å²) < 4.78 is 9.88. The predicted octanol–water partition coefficient (Wildman–Crippen LogP) is 3.25. The summed E-state index contributed by atoms with van der Waals surface area (Å²) in [7, 11) is 0. The topological polar surface area (TPSA) is 47.0 Å². The van der Waals surface area contributed by atoms with E-state index in [-0.39, 0.29) is 11.6 Å². The Morgan fingerprint density at radius 2 is 2.22 bits per heavy atom. The van der Waals surface area contributed by atoms with Crippen LogP contribution in [0.1, 0.15) is 31.9 Å². The minimum atomic E-state index is -0.163. The lowest BCUT2D eigenvalue weighted by Crippen LogP contribution is -2.36. The van der Waals surface area contributed by atoms with Crippen molar-refractivity contribution in [3.8, 4) is 5.75 Å². The maximum absolute atomic E-state index is 6.00. The van der Waals surface area contributed by atoms with Gasteiger partial charge in [0.05, 0.1) is 12.2 Å². The summed E-state index contributed by atoms with van der Waals surface area (Å²) in [5, 5.41) is 8.33. The average Bonchev–Trinajstić information content (AvgIpc) is 2.80. The van der Waals surface area contributed by atoms with E-state index in [4.69, 9.17) is 4.74 Å². The fraction of sp³-hybridized carbons (Fsp3) is 0.385. The van der Waals surface area contributed by atoms with E-state index < -0.39 is 0 Å². The molecule has 0 fully saturated rings. The molecule has 1 N–H and O–H groups in total. The van der Waals surface area contributed by atoms with Gasteiger partial charge in [-0.15, -0.1) is 5.10 Å². The Morgan fingerprint density at radius 3 is 3.00 bits per heavy atom. The lowest BCUT2D eigenvalue weighted by Gasteiger charge is -2.37. The third-order valence-corrected chi connectivity index (χ3v) is 3.65. The highest BCUT2D eigenvalue weighted by Crippen LogP contribution is 2.41. The lowest BCUT2D eigenvalue weighted by atomic mass is 9.90. The number of hydrogen-bond acceptors (Lipinski definition) is 5. The second-order valence-electron chi connectivity index (χ2n) is 5.08. The van der Waals surface area contributed by atoms with Gasteiger partial charge in [0.2, 0.25) is 0 Å². The van der Waals surface area contributed by atoms with Gasteiger partial charge in [0.25, 0.3) is 0 Å². The molecule has 0 aliphatic carbocycles. The van der Waals surface area contributed by atoms with Crippen molar-refractivity contribution >= 4 is 16.5 Å². The summed E-state index contributed by atoms with van der Waals surface area (Å²) in [5.41, 5.74) is 1.04. The molecule has 5 heteroatoms. The van der Waals surface area contributed by atoms with E-state index in [0.717, 1.165) is 17.2 Å². The number of rotatable bonds is 2. The molecule has 0 spiro atoms. The van der Waals surface area contributed by atoms with Crippen LogP contribution in [0.25, 0.3) is 0 Å². The van der Waals surface area contributed by atoms with Gasteiger partial charge in [0, 0.05) is 23.5 Å². The number of hydrogen-bond donors (Lipinski definition) is 1. The van der Waals surface area contributed by atoms with Crippen molar-refractivity contribution in [2.45, 2.75) is 31.9 Å².